The third-order valence-corrected chi connectivity index (χ3v) is 4.46. The molecule has 0 spiro atoms. The Labute approximate surface area is 145 Å². The molecule has 2 aromatic carbocycles. The minimum absolute atomic E-state index is 0.352. The Morgan fingerprint density at radius 1 is 1.17 bits per heavy atom. The molecule has 0 aliphatic rings. The predicted molar refractivity (Wildman–Crippen MR) is 98.4 cm³/mol. The zero-order valence-electron chi connectivity index (χ0n) is 13.6. The number of carbonyl (C=O) groups excluding carboxylic acids is 1. The van der Waals surface area contributed by atoms with Crippen molar-refractivity contribution in [1.29, 1.82) is 0 Å². The van der Waals surface area contributed by atoms with Crippen molar-refractivity contribution in [1.82, 2.24) is 4.98 Å². The highest BCUT2D eigenvalue weighted by Crippen LogP contribution is 2.31. The highest BCUT2D eigenvalue weighted by atomic mass is 32.1. The maximum Gasteiger partial charge on any atom is 0.411 e. The summed E-state index contributed by atoms with van der Waals surface area (Å²) in [6.07, 6.45) is -0.444. The lowest BCUT2D eigenvalue weighted by molar-refractivity contribution is 0.168. The molecular formula is C19H18N2O2S. The van der Waals surface area contributed by atoms with Crippen LogP contribution >= 0.6 is 11.3 Å². The fourth-order valence-corrected chi connectivity index (χ4v) is 3.27. The first-order valence-electron chi connectivity index (χ1n) is 7.73. The average Bonchev–Trinajstić information content (AvgIpc) is 3.06. The van der Waals surface area contributed by atoms with Gasteiger partial charge in [0.25, 0.3) is 0 Å². The van der Waals surface area contributed by atoms with Crippen molar-refractivity contribution in [3.8, 4) is 21.8 Å². The van der Waals surface area contributed by atoms with Gasteiger partial charge in [0.1, 0.15) is 5.01 Å². The summed E-state index contributed by atoms with van der Waals surface area (Å²) in [7, 11) is 0. The van der Waals surface area contributed by atoms with Crippen LogP contribution in [0.4, 0.5) is 10.5 Å². The summed E-state index contributed by atoms with van der Waals surface area (Å²) in [5.74, 6) is 0. The molecule has 0 aliphatic heterocycles. The molecule has 5 heteroatoms. The number of nitrogens with zero attached hydrogens (tertiary/aromatic N) is 1. The number of thiazole rings is 1. The van der Waals surface area contributed by atoms with Crippen LogP contribution in [0, 0.1) is 6.92 Å². The van der Waals surface area contributed by atoms with Gasteiger partial charge in [0.05, 0.1) is 12.3 Å². The van der Waals surface area contributed by atoms with Gasteiger partial charge in [0, 0.05) is 22.2 Å². The molecule has 3 rings (SSSR count). The third kappa shape index (κ3) is 3.63. The first-order chi connectivity index (χ1) is 11.7. The minimum atomic E-state index is -0.444. The number of hydrogen-bond donors (Lipinski definition) is 1. The maximum absolute atomic E-state index is 11.4. The molecule has 0 bridgehead atoms. The quantitative estimate of drug-likeness (QED) is 0.697. The van der Waals surface area contributed by atoms with Gasteiger partial charge in [-0.3, -0.25) is 5.32 Å². The van der Waals surface area contributed by atoms with E-state index in [0.29, 0.717) is 12.3 Å². The fraction of sp³-hybridized carbons (Fsp3) is 0.158. The molecule has 1 N–H and O–H groups in total. The Morgan fingerprint density at radius 2 is 1.92 bits per heavy atom. The van der Waals surface area contributed by atoms with Crippen molar-refractivity contribution in [3.63, 3.8) is 0 Å². The number of benzene rings is 2. The van der Waals surface area contributed by atoms with Crippen LogP contribution in [0.25, 0.3) is 21.8 Å². The van der Waals surface area contributed by atoms with Crippen LogP contribution < -0.4 is 5.32 Å². The van der Waals surface area contributed by atoms with Crippen LogP contribution in [0.15, 0.2) is 53.9 Å². The van der Waals surface area contributed by atoms with Gasteiger partial charge in [-0.05, 0) is 31.5 Å². The van der Waals surface area contributed by atoms with E-state index >= 15 is 0 Å². The van der Waals surface area contributed by atoms with E-state index < -0.39 is 6.09 Å². The fourth-order valence-electron chi connectivity index (χ4n) is 2.35. The number of rotatable bonds is 4. The molecule has 0 aliphatic carbocycles. The van der Waals surface area contributed by atoms with Crippen molar-refractivity contribution in [2.45, 2.75) is 13.8 Å². The number of amides is 1. The number of hydrogen-bond acceptors (Lipinski definition) is 4. The summed E-state index contributed by atoms with van der Waals surface area (Å²) in [6, 6.07) is 15.8. The van der Waals surface area contributed by atoms with E-state index in [0.717, 1.165) is 21.8 Å². The number of ether oxygens (including phenoxy) is 1. The third-order valence-electron chi connectivity index (χ3n) is 3.58. The van der Waals surface area contributed by atoms with Gasteiger partial charge in [0.15, 0.2) is 0 Å². The number of carbonyl (C=O) groups is 1. The molecule has 0 saturated carbocycles. The summed E-state index contributed by atoms with van der Waals surface area (Å²) < 4.78 is 4.86. The molecule has 122 valence electrons. The Balaban J connectivity index is 1.78. The molecule has 3 aromatic rings. The van der Waals surface area contributed by atoms with E-state index in [4.69, 9.17) is 9.72 Å². The SMILES string of the molecule is CCOC(=O)Nc1ccc(-c2csc(-c3ccccc3C)n2)cc1. The molecule has 24 heavy (non-hydrogen) atoms. The monoisotopic (exact) mass is 338 g/mol. The molecule has 1 heterocycles. The normalized spacial score (nSPS) is 10.4. The molecule has 0 unspecified atom stereocenters. The maximum atomic E-state index is 11.4. The molecule has 4 nitrogen and oxygen atoms in total. The molecular weight excluding hydrogens is 320 g/mol. The molecule has 1 aromatic heterocycles. The number of aryl methyl sites for hydroxylation is 1. The van der Waals surface area contributed by atoms with Crippen LogP contribution in [-0.2, 0) is 4.74 Å². The van der Waals surface area contributed by atoms with Crippen LogP contribution in [0.2, 0.25) is 0 Å². The van der Waals surface area contributed by atoms with Crippen molar-refractivity contribution in [3.05, 3.63) is 59.5 Å². The average molecular weight is 338 g/mol. The van der Waals surface area contributed by atoms with Crippen molar-refractivity contribution in [2.24, 2.45) is 0 Å². The second-order valence-electron chi connectivity index (χ2n) is 5.28. The molecule has 0 radical (unpaired) electrons. The first-order valence-corrected chi connectivity index (χ1v) is 8.61. The summed E-state index contributed by atoms with van der Waals surface area (Å²) in [6.45, 7) is 4.22. The Kier molecular flexibility index (Phi) is 4.91. The van der Waals surface area contributed by atoms with E-state index in [1.807, 2.05) is 36.4 Å². The highest BCUT2D eigenvalue weighted by Gasteiger charge is 2.09. The molecule has 1 amide bonds. The predicted octanol–water partition coefficient (Wildman–Crippen LogP) is 5.35. The van der Waals surface area contributed by atoms with Crippen molar-refractivity contribution < 1.29 is 9.53 Å². The summed E-state index contributed by atoms with van der Waals surface area (Å²) in [5, 5.41) is 5.74. The van der Waals surface area contributed by atoms with Gasteiger partial charge >= 0.3 is 6.09 Å². The van der Waals surface area contributed by atoms with Crippen LogP contribution in [0.3, 0.4) is 0 Å². The summed E-state index contributed by atoms with van der Waals surface area (Å²) in [4.78, 5) is 16.2. The van der Waals surface area contributed by atoms with Crippen molar-refractivity contribution in [2.75, 3.05) is 11.9 Å². The minimum Gasteiger partial charge on any atom is -0.450 e. The summed E-state index contributed by atoms with van der Waals surface area (Å²) >= 11 is 1.63. The summed E-state index contributed by atoms with van der Waals surface area (Å²) in [5.41, 5.74) is 5.02. The van der Waals surface area contributed by atoms with E-state index in [1.54, 1.807) is 18.3 Å². The van der Waals surface area contributed by atoms with Crippen LogP contribution in [-0.4, -0.2) is 17.7 Å². The highest BCUT2D eigenvalue weighted by molar-refractivity contribution is 7.13. The number of nitrogens with one attached hydrogen (secondary N) is 1. The van der Waals surface area contributed by atoms with Gasteiger partial charge in [-0.2, -0.15) is 0 Å². The van der Waals surface area contributed by atoms with Gasteiger partial charge in [-0.25, -0.2) is 9.78 Å². The van der Waals surface area contributed by atoms with Gasteiger partial charge in [-0.1, -0.05) is 36.4 Å². The van der Waals surface area contributed by atoms with E-state index in [2.05, 4.69) is 29.8 Å². The van der Waals surface area contributed by atoms with E-state index in [9.17, 15) is 4.79 Å². The molecule has 0 saturated heterocycles. The van der Waals surface area contributed by atoms with E-state index in [-0.39, 0.29) is 0 Å². The number of anilines is 1. The van der Waals surface area contributed by atoms with Gasteiger partial charge in [0.2, 0.25) is 0 Å². The smallest absolute Gasteiger partial charge is 0.411 e. The lowest BCUT2D eigenvalue weighted by Crippen LogP contribution is -2.12. The second-order valence-corrected chi connectivity index (χ2v) is 6.13. The van der Waals surface area contributed by atoms with Crippen LogP contribution in [0.5, 0.6) is 0 Å². The zero-order chi connectivity index (χ0) is 16.9. The largest absolute Gasteiger partial charge is 0.450 e. The Morgan fingerprint density at radius 3 is 2.62 bits per heavy atom. The standard InChI is InChI=1S/C19H18N2O2S/c1-3-23-19(22)20-15-10-8-14(9-11-15)17-12-24-18(21-17)16-7-5-4-6-13(16)2/h4-12H,3H2,1-2H3,(H,20,22). The Bertz CT molecular complexity index is 841. The van der Waals surface area contributed by atoms with Gasteiger partial charge in [-0.15, -0.1) is 11.3 Å². The van der Waals surface area contributed by atoms with E-state index in [1.165, 1.54) is 5.56 Å². The zero-order valence-corrected chi connectivity index (χ0v) is 14.4. The first kappa shape index (κ1) is 16.2. The second kappa shape index (κ2) is 7.27. The molecule has 0 atom stereocenters. The lowest BCUT2D eigenvalue weighted by Gasteiger charge is -2.05. The van der Waals surface area contributed by atoms with Gasteiger partial charge < -0.3 is 4.74 Å². The topological polar surface area (TPSA) is 51.2 Å². The van der Waals surface area contributed by atoms with Crippen molar-refractivity contribution >= 4 is 23.1 Å². The Hall–Kier alpha value is -2.66. The van der Waals surface area contributed by atoms with Crippen LogP contribution in [0.1, 0.15) is 12.5 Å². The number of aromatic nitrogens is 1. The lowest BCUT2D eigenvalue weighted by atomic mass is 10.1. The molecule has 0 fully saturated rings.